The SMILES string of the molecule is [NH3+][C@H](CO)c1cccnc1. The lowest BCUT2D eigenvalue weighted by Crippen LogP contribution is -2.55. The number of quaternary nitrogens is 1. The molecule has 0 spiro atoms. The number of pyridine rings is 1. The molecule has 3 heteroatoms. The van der Waals surface area contributed by atoms with Crippen LogP contribution in [0.4, 0.5) is 0 Å². The third-order valence-corrected chi connectivity index (χ3v) is 1.38. The van der Waals surface area contributed by atoms with E-state index in [9.17, 15) is 0 Å². The summed E-state index contributed by atoms with van der Waals surface area (Å²) in [6.45, 7) is 0.0751. The van der Waals surface area contributed by atoms with E-state index in [-0.39, 0.29) is 12.6 Å². The quantitative estimate of drug-likeness (QED) is 0.572. The molecule has 1 aromatic heterocycles. The lowest BCUT2D eigenvalue weighted by Gasteiger charge is -2.02. The van der Waals surface area contributed by atoms with E-state index in [4.69, 9.17) is 5.11 Å². The van der Waals surface area contributed by atoms with Gasteiger partial charge in [-0.25, -0.2) is 0 Å². The summed E-state index contributed by atoms with van der Waals surface area (Å²) < 4.78 is 0. The van der Waals surface area contributed by atoms with Crippen LogP contribution >= 0.6 is 0 Å². The Balaban J connectivity index is 2.75. The average molecular weight is 139 g/mol. The van der Waals surface area contributed by atoms with Gasteiger partial charge in [0.15, 0.2) is 0 Å². The van der Waals surface area contributed by atoms with E-state index in [1.165, 1.54) is 0 Å². The van der Waals surface area contributed by atoms with Crippen molar-refractivity contribution in [3.63, 3.8) is 0 Å². The molecule has 0 saturated carbocycles. The molecule has 0 amide bonds. The largest absolute Gasteiger partial charge is 0.390 e. The fourth-order valence-electron chi connectivity index (χ4n) is 0.723. The van der Waals surface area contributed by atoms with Crippen LogP contribution in [0, 0.1) is 0 Å². The maximum absolute atomic E-state index is 8.70. The third-order valence-electron chi connectivity index (χ3n) is 1.38. The van der Waals surface area contributed by atoms with Gasteiger partial charge in [-0.05, 0) is 12.1 Å². The summed E-state index contributed by atoms with van der Waals surface area (Å²) >= 11 is 0. The van der Waals surface area contributed by atoms with Gasteiger partial charge in [0.1, 0.15) is 6.04 Å². The summed E-state index contributed by atoms with van der Waals surface area (Å²) in [4.78, 5) is 3.90. The van der Waals surface area contributed by atoms with Crippen molar-refractivity contribution < 1.29 is 10.8 Å². The van der Waals surface area contributed by atoms with Gasteiger partial charge < -0.3 is 10.8 Å². The normalized spacial score (nSPS) is 13.0. The van der Waals surface area contributed by atoms with E-state index in [1.807, 2.05) is 12.1 Å². The van der Waals surface area contributed by atoms with Crippen LogP contribution in [0.5, 0.6) is 0 Å². The summed E-state index contributed by atoms with van der Waals surface area (Å²) in [5, 5.41) is 8.70. The van der Waals surface area contributed by atoms with Gasteiger partial charge in [-0.15, -0.1) is 0 Å². The van der Waals surface area contributed by atoms with Crippen LogP contribution in [0.2, 0.25) is 0 Å². The molecule has 0 aliphatic carbocycles. The fraction of sp³-hybridized carbons (Fsp3) is 0.286. The van der Waals surface area contributed by atoms with E-state index >= 15 is 0 Å². The molecule has 1 aromatic rings. The first-order valence-corrected chi connectivity index (χ1v) is 3.18. The second-order valence-electron chi connectivity index (χ2n) is 2.17. The lowest BCUT2D eigenvalue weighted by atomic mass is 10.1. The Hall–Kier alpha value is -0.930. The van der Waals surface area contributed by atoms with Crippen LogP contribution < -0.4 is 5.73 Å². The standard InChI is InChI=1S/C7H10N2O/c8-7(5-10)6-2-1-3-9-4-6/h1-4,7,10H,5,8H2/p+1/t7-/m1/s1. The molecule has 0 bridgehead atoms. The molecule has 0 fully saturated rings. The highest BCUT2D eigenvalue weighted by Gasteiger charge is 2.05. The van der Waals surface area contributed by atoms with Gasteiger partial charge in [-0.2, -0.15) is 0 Å². The second-order valence-corrected chi connectivity index (χ2v) is 2.17. The molecular weight excluding hydrogens is 128 g/mol. The first kappa shape index (κ1) is 7.18. The van der Waals surface area contributed by atoms with E-state index in [1.54, 1.807) is 12.4 Å². The van der Waals surface area contributed by atoms with Gasteiger partial charge in [0.2, 0.25) is 0 Å². The maximum Gasteiger partial charge on any atom is 0.135 e. The van der Waals surface area contributed by atoms with Crippen molar-refractivity contribution in [3.05, 3.63) is 30.1 Å². The molecule has 10 heavy (non-hydrogen) atoms. The van der Waals surface area contributed by atoms with Crippen LogP contribution in [0.25, 0.3) is 0 Å². The highest BCUT2D eigenvalue weighted by molar-refractivity contribution is 5.10. The topological polar surface area (TPSA) is 60.8 Å². The summed E-state index contributed by atoms with van der Waals surface area (Å²) in [6, 6.07) is 3.69. The van der Waals surface area contributed by atoms with Crippen LogP contribution in [0.15, 0.2) is 24.5 Å². The lowest BCUT2D eigenvalue weighted by molar-refractivity contribution is -0.432. The van der Waals surface area contributed by atoms with E-state index in [2.05, 4.69) is 10.7 Å². The monoisotopic (exact) mass is 139 g/mol. The van der Waals surface area contributed by atoms with Crippen molar-refractivity contribution in [1.82, 2.24) is 4.98 Å². The molecule has 0 aromatic carbocycles. The zero-order chi connectivity index (χ0) is 7.40. The molecular formula is C7H11N2O+. The van der Waals surface area contributed by atoms with Gasteiger partial charge in [0.25, 0.3) is 0 Å². The molecule has 0 saturated heterocycles. The minimum absolute atomic E-state index is 0.0475. The van der Waals surface area contributed by atoms with Crippen LogP contribution in [0.3, 0.4) is 0 Å². The van der Waals surface area contributed by atoms with Crippen molar-refractivity contribution in [3.8, 4) is 0 Å². The molecule has 3 nitrogen and oxygen atoms in total. The molecule has 1 heterocycles. The maximum atomic E-state index is 8.70. The Bertz CT molecular complexity index is 188. The minimum Gasteiger partial charge on any atom is -0.390 e. The number of aromatic nitrogens is 1. The van der Waals surface area contributed by atoms with E-state index in [0.717, 1.165) is 5.56 Å². The first-order valence-electron chi connectivity index (χ1n) is 3.18. The molecule has 4 N–H and O–H groups in total. The van der Waals surface area contributed by atoms with E-state index < -0.39 is 0 Å². The Kier molecular flexibility index (Phi) is 2.36. The molecule has 0 aliphatic heterocycles. The summed E-state index contributed by atoms with van der Waals surface area (Å²) in [5.41, 5.74) is 4.71. The smallest absolute Gasteiger partial charge is 0.135 e. The van der Waals surface area contributed by atoms with Gasteiger partial charge in [0.05, 0.1) is 6.61 Å². The zero-order valence-electron chi connectivity index (χ0n) is 5.70. The Labute approximate surface area is 59.5 Å². The number of hydrogen-bond acceptors (Lipinski definition) is 2. The predicted molar refractivity (Wildman–Crippen MR) is 37.0 cm³/mol. The molecule has 0 radical (unpaired) electrons. The van der Waals surface area contributed by atoms with Crippen molar-refractivity contribution in [1.29, 1.82) is 0 Å². The predicted octanol–water partition coefficient (Wildman–Crippen LogP) is -0.643. The highest BCUT2D eigenvalue weighted by atomic mass is 16.3. The van der Waals surface area contributed by atoms with Crippen molar-refractivity contribution in [2.75, 3.05) is 6.61 Å². The number of nitrogens with zero attached hydrogens (tertiary/aromatic N) is 1. The molecule has 0 unspecified atom stereocenters. The molecule has 1 atom stereocenters. The minimum atomic E-state index is -0.0475. The van der Waals surface area contributed by atoms with Crippen LogP contribution in [-0.2, 0) is 0 Å². The van der Waals surface area contributed by atoms with Crippen molar-refractivity contribution in [2.24, 2.45) is 0 Å². The number of rotatable bonds is 2. The van der Waals surface area contributed by atoms with Crippen molar-refractivity contribution in [2.45, 2.75) is 6.04 Å². The summed E-state index contributed by atoms with van der Waals surface area (Å²) in [6.07, 6.45) is 3.42. The first-order chi connectivity index (χ1) is 4.84. The van der Waals surface area contributed by atoms with Gasteiger partial charge >= 0.3 is 0 Å². The summed E-state index contributed by atoms with van der Waals surface area (Å²) in [7, 11) is 0. The van der Waals surface area contributed by atoms with E-state index in [0.29, 0.717) is 0 Å². The van der Waals surface area contributed by atoms with Crippen molar-refractivity contribution >= 4 is 0 Å². The average Bonchev–Trinajstić information content (AvgIpc) is 2.05. The Morgan fingerprint density at radius 2 is 2.50 bits per heavy atom. The zero-order valence-corrected chi connectivity index (χ0v) is 5.70. The van der Waals surface area contributed by atoms with Crippen LogP contribution in [0.1, 0.15) is 11.6 Å². The molecule has 0 aliphatic rings. The molecule has 54 valence electrons. The highest BCUT2D eigenvalue weighted by Crippen LogP contribution is 2.03. The number of aliphatic hydroxyl groups is 1. The number of aliphatic hydroxyl groups excluding tert-OH is 1. The van der Waals surface area contributed by atoms with Gasteiger partial charge in [-0.3, -0.25) is 4.98 Å². The van der Waals surface area contributed by atoms with Gasteiger partial charge in [-0.1, -0.05) is 0 Å². The second kappa shape index (κ2) is 3.29. The van der Waals surface area contributed by atoms with Crippen LogP contribution in [-0.4, -0.2) is 16.7 Å². The molecule has 1 rings (SSSR count). The Morgan fingerprint density at radius 1 is 1.70 bits per heavy atom. The Morgan fingerprint density at radius 3 is 3.00 bits per heavy atom. The number of hydrogen-bond donors (Lipinski definition) is 2. The fourth-order valence-corrected chi connectivity index (χ4v) is 0.723. The summed E-state index contributed by atoms with van der Waals surface area (Å²) in [5.74, 6) is 0. The van der Waals surface area contributed by atoms with Gasteiger partial charge in [0, 0.05) is 18.0 Å². The third kappa shape index (κ3) is 1.52.